The molecule has 150 valence electrons. The predicted molar refractivity (Wildman–Crippen MR) is 109 cm³/mol. The molecule has 0 saturated carbocycles. The molecule has 1 heterocycles. The van der Waals surface area contributed by atoms with Crippen molar-refractivity contribution in [3.63, 3.8) is 0 Å². The maximum atomic E-state index is 12.6. The molecular formula is C21H26N2O4S. The third-order valence-electron chi connectivity index (χ3n) is 4.53. The van der Waals surface area contributed by atoms with E-state index in [1.54, 1.807) is 17.0 Å². The van der Waals surface area contributed by atoms with E-state index >= 15 is 0 Å². The van der Waals surface area contributed by atoms with Gasteiger partial charge in [-0.15, -0.1) is 0 Å². The third-order valence-corrected chi connectivity index (χ3v) is 6.23. The van der Waals surface area contributed by atoms with Gasteiger partial charge in [-0.25, -0.2) is 13.2 Å². The van der Waals surface area contributed by atoms with Gasteiger partial charge in [0, 0.05) is 18.8 Å². The van der Waals surface area contributed by atoms with Crippen LogP contribution < -0.4 is 5.73 Å². The van der Waals surface area contributed by atoms with Crippen LogP contribution in [-0.2, 0) is 33.3 Å². The van der Waals surface area contributed by atoms with Gasteiger partial charge in [0.05, 0.1) is 10.6 Å². The van der Waals surface area contributed by atoms with Crippen molar-refractivity contribution in [2.75, 3.05) is 12.3 Å². The highest BCUT2D eigenvalue weighted by atomic mass is 32.2. The molecule has 1 amide bonds. The van der Waals surface area contributed by atoms with E-state index in [0.29, 0.717) is 25.2 Å². The number of hydrogen-bond donors (Lipinski definition) is 1. The quantitative estimate of drug-likeness (QED) is 0.793. The number of rotatable bonds is 3. The van der Waals surface area contributed by atoms with Crippen LogP contribution in [0.5, 0.6) is 0 Å². The molecule has 2 aromatic rings. The minimum absolute atomic E-state index is 0.0695. The Bertz CT molecular complexity index is 976. The van der Waals surface area contributed by atoms with E-state index in [4.69, 9.17) is 10.5 Å². The van der Waals surface area contributed by atoms with Crippen molar-refractivity contribution in [2.24, 2.45) is 0 Å². The highest BCUT2D eigenvalue weighted by Crippen LogP contribution is 2.24. The summed E-state index contributed by atoms with van der Waals surface area (Å²) in [5.41, 5.74) is 8.46. The number of ether oxygens (including phenoxy) is 1. The summed E-state index contributed by atoms with van der Waals surface area (Å²) in [6, 6.07) is 11.9. The molecule has 0 unspecified atom stereocenters. The van der Waals surface area contributed by atoms with Crippen LogP contribution in [0.1, 0.15) is 37.5 Å². The summed E-state index contributed by atoms with van der Waals surface area (Å²) in [6.45, 7) is 6.55. The summed E-state index contributed by atoms with van der Waals surface area (Å²) in [5.74, 6) is -0.0695. The summed E-state index contributed by atoms with van der Waals surface area (Å²) in [4.78, 5) is 14.2. The molecule has 0 aliphatic carbocycles. The fourth-order valence-electron chi connectivity index (χ4n) is 3.16. The van der Waals surface area contributed by atoms with Crippen molar-refractivity contribution in [1.82, 2.24) is 4.90 Å². The monoisotopic (exact) mass is 402 g/mol. The SMILES string of the molecule is CC(C)(C)OC(=O)N1CCc2cc(CS(=O)(=O)c3ccc(N)cc3)ccc2C1. The Labute approximate surface area is 166 Å². The first-order valence-corrected chi connectivity index (χ1v) is 10.9. The minimum Gasteiger partial charge on any atom is -0.444 e. The van der Waals surface area contributed by atoms with Gasteiger partial charge in [-0.3, -0.25) is 0 Å². The van der Waals surface area contributed by atoms with Crippen LogP contribution in [0.4, 0.5) is 10.5 Å². The van der Waals surface area contributed by atoms with Crippen molar-refractivity contribution < 1.29 is 17.9 Å². The summed E-state index contributed by atoms with van der Waals surface area (Å²) >= 11 is 0. The second-order valence-electron chi connectivity index (χ2n) is 8.08. The van der Waals surface area contributed by atoms with Crippen molar-refractivity contribution in [3.8, 4) is 0 Å². The number of amides is 1. The molecule has 6 nitrogen and oxygen atoms in total. The number of hydrogen-bond acceptors (Lipinski definition) is 5. The highest BCUT2D eigenvalue weighted by molar-refractivity contribution is 7.90. The summed E-state index contributed by atoms with van der Waals surface area (Å²) in [7, 11) is -3.44. The molecular weight excluding hydrogens is 376 g/mol. The van der Waals surface area contributed by atoms with Crippen molar-refractivity contribution in [2.45, 2.75) is 50.0 Å². The largest absolute Gasteiger partial charge is 0.444 e. The van der Waals surface area contributed by atoms with Crippen LogP contribution in [0.15, 0.2) is 47.4 Å². The van der Waals surface area contributed by atoms with Crippen LogP contribution in [0.25, 0.3) is 0 Å². The van der Waals surface area contributed by atoms with Crippen LogP contribution in [0.3, 0.4) is 0 Å². The number of carbonyl (C=O) groups excluding carboxylic acids is 1. The Morgan fingerprint density at radius 2 is 1.79 bits per heavy atom. The standard InChI is InChI=1S/C21H26N2O4S/c1-21(2,3)27-20(24)23-11-10-16-12-15(4-5-17(16)13-23)14-28(25,26)19-8-6-18(22)7-9-19/h4-9,12H,10-11,13-14,22H2,1-3H3. The van der Waals surface area contributed by atoms with Crippen molar-refractivity contribution in [1.29, 1.82) is 0 Å². The number of fused-ring (bicyclic) bond motifs is 1. The Kier molecular flexibility index (Phi) is 5.39. The maximum Gasteiger partial charge on any atom is 0.410 e. The lowest BCUT2D eigenvalue weighted by molar-refractivity contribution is 0.0224. The smallest absolute Gasteiger partial charge is 0.410 e. The fourth-order valence-corrected chi connectivity index (χ4v) is 4.49. The van der Waals surface area contributed by atoms with Gasteiger partial charge in [-0.1, -0.05) is 18.2 Å². The van der Waals surface area contributed by atoms with E-state index in [1.807, 2.05) is 39.0 Å². The number of nitrogens with two attached hydrogens (primary N) is 1. The molecule has 1 aliphatic rings. The number of benzene rings is 2. The molecule has 1 aliphatic heterocycles. The first-order valence-electron chi connectivity index (χ1n) is 9.20. The number of nitrogen functional groups attached to an aromatic ring is 1. The molecule has 0 saturated heterocycles. The third kappa shape index (κ3) is 4.84. The average Bonchev–Trinajstić information content (AvgIpc) is 2.60. The van der Waals surface area contributed by atoms with E-state index in [2.05, 4.69) is 0 Å². The predicted octanol–water partition coefficient (Wildman–Crippen LogP) is 3.54. The zero-order valence-electron chi connectivity index (χ0n) is 16.4. The molecule has 2 N–H and O–H groups in total. The molecule has 0 spiro atoms. The average molecular weight is 403 g/mol. The van der Waals surface area contributed by atoms with E-state index in [1.165, 1.54) is 12.1 Å². The van der Waals surface area contributed by atoms with Gasteiger partial charge < -0.3 is 15.4 Å². The molecule has 28 heavy (non-hydrogen) atoms. The first kappa shape index (κ1) is 20.2. The maximum absolute atomic E-state index is 12.6. The van der Waals surface area contributed by atoms with Gasteiger partial charge >= 0.3 is 6.09 Å². The number of anilines is 1. The van der Waals surface area contributed by atoms with E-state index < -0.39 is 15.4 Å². The van der Waals surface area contributed by atoms with Gasteiger partial charge in [0.1, 0.15) is 5.60 Å². The zero-order valence-corrected chi connectivity index (χ0v) is 17.3. The molecule has 7 heteroatoms. The van der Waals surface area contributed by atoms with E-state index in [0.717, 1.165) is 16.7 Å². The van der Waals surface area contributed by atoms with Crippen molar-refractivity contribution in [3.05, 3.63) is 59.2 Å². The molecule has 0 radical (unpaired) electrons. The molecule has 0 bridgehead atoms. The van der Waals surface area contributed by atoms with Gasteiger partial charge in [0.25, 0.3) is 0 Å². The van der Waals surface area contributed by atoms with Crippen LogP contribution >= 0.6 is 0 Å². The van der Waals surface area contributed by atoms with Gasteiger partial charge in [0.2, 0.25) is 0 Å². The van der Waals surface area contributed by atoms with Crippen LogP contribution in [0, 0.1) is 0 Å². The topological polar surface area (TPSA) is 89.7 Å². The van der Waals surface area contributed by atoms with Gasteiger partial charge in [-0.2, -0.15) is 0 Å². The number of sulfone groups is 1. The summed E-state index contributed by atoms with van der Waals surface area (Å²) in [5, 5.41) is 0. The lowest BCUT2D eigenvalue weighted by Crippen LogP contribution is -2.39. The number of nitrogens with zero attached hydrogens (tertiary/aromatic N) is 1. The Hall–Kier alpha value is -2.54. The summed E-state index contributed by atoms with van der Waals surface area (Å²) in [6.07, 6.45) is 0.345. The molecule has 0 fully saturated rings. The number of carbonyl (C=O) groups is 1. The molecule has 3 rings (SSSR count). The lowest BCUT2D eigenvalue weighted by atomic mass is 9.98. The fraction of sp³-hybridized carbons (Fsp3) is 0.381. The van der Waals surface area contributed by atoms with E-state index in [9.17, 15) is 13.2 Å². The Morgan fingerprint density at radius 1 is 1.11 bits per heavy atom. The first-order chi connectivity index (χ1) is 13.0. The van der Waals surface area contributed by atoms with Crippen molar-refractivity contribution >= 4 is 21.6 Å². The molecule has 2 aromatic carbocycles. The van der Waals surface area contributed by atoms with Gasteiger partial charge in [-0.05, 0) is 68.1 Å². The second-order valence-corrected chi connectivity index (χ2v) is 10.1. The van der Waals surface area contributed by atoms with Crippen LogP contribution in [0.2, 0.25) is 0 Å². The van der Waals surface area contributed by atoms with E-state index in [-0.39, 0.29) is 16.7 Å². The molecule has 0 aromatic heterocycles. The Balaban J connectivity index is 1.73. The normalized spacial score (nSPS) is 14.5. The lowest BCUT2D eigenvalue weighted by Gasteiger charge is -2.31. The Morgan fingerprint density at radius 3 is 2.43 bits per heavy atom. The molecule has 0 atom stereocenters. The minimum atomic E-state index is -3.44. The van der Waals surface area contributed by atoms with Gasteiger partial charge in [0.15, 0.2) is 9.84 Å². The second kappa shape index (κ2) is 7.47. The summed E-state index contributed by atoms with van der Waals surface area (Å²) < 4.78 is 30.7. The van der Waals surface area contributed by atoms with Crippen LogP contribution in [-0.4, -0.2) is 31.6 Å². The zero-order chi connectivity index (χ0) is 20.5. The highest BCUT2D eigenvalue weighted by Gasteiger charge is 2.26.